The second-order valence-electron chi connectivity index (χ2n) is 4.40. The molecule has 0 rings (SSSR count). The van der Waals surface area contributed by atoms with E-state index < -0.39 is 0 Å². The van der Waals surface area contributed by atoms with Crippen LogP contribution in [0.15, 0.2) is 0 Å². The van der Waals surface area contributed by atoms with Gasteiger partial charge in [-0.3, -0.25) is 0 Å². The van der Waals surface area contributed by atoms with Gasteiger partial charge in [0.15, 0.2) is 0 Å². The molecule has 0 aliphatic rings. The molecule has 1 heteroatoms. The van der Waals surface area contributed by atoms with Crippen molar-refractivity contribution in [3.63, 3.8) is 0 Å². The summed E-state index contributed by atoms with van der Waals surface area (Å²) in [6.45, 7) is 16.3. The van der Waals surface area contributed by atoms with E-state index in [9.17, 15) is 0 Å². The lowest BCUT2D eigenvalue weighted by Crippen LogP contribution is -2.27. The lowest BCUT2D eigenvalue weighted by Gasteiger charge is -2.21. The Kier molecular flexibility index (Phi) is 19.9. The van der Waals surface area contributed by atoms with Crippen molar-refractivity contribution in [2.45, 2.75) is 72.6 Å². The maximum atomic E-state index is 3.49. The molecule has 0 aliphatic carbocycles. The minimum atomic E-state index is 1.00. The Morgan fingerprint density at radius 3 is 1.12 bits per heavy atom. The average molecular weight is 228 g/mol. The van der Waals surface area contributed by atoms with Crippen molar-refractivity contribution in [2.75, 3.05) is 19.6 Å². The first-order chi connectivity index (χ1) is 7.76. The monoisotopic (exact) mass is 228 g/mol. The number of unbranched alkanes of at least 4 members (excludes halogenated alkanes) is 3. The fourth-order valence-corrected chi connectivity index (χ4v) is 1.48. The Morgan fingerprint density at radius 1 is 0.688 bits per heavy atom. The van der Waals surface area contributed by atoms with Crippen LogP contribution in [-0.4, -0.2) is 24.5 Å². The Balaban J connectivity index is 0. The molecule has 0 aromatic rings. The zero-order valence-electron chi connectivity index (χ0n) is 12.2. The summed E-state index contributed by atoms with van der Waals surface area (Å²) in [4.78, 5) is 2.64. The largest absolute Gasteiger partial charge is 0.303 e. The van der Waals surface area contributed by atoms with Crippen LogP contribution in [0.2, 0.25) is 0 Å². The molecule has 0 heterocycles. The maximum absolute atomic E-state index is 3.49. The van der Waals surface area contributed by atoms with E-state index >= 15 is 0 Å². The van der Waals surface area contributed by atoms with Crippen LogP contribution in [-0.2, 0) is 0 Å². The Labute approximate surface area is 105 Å². The molecule has 0 unspecified atom stereocenters. The molecule has 0 amide bonds. The number of hydrogen-bond acceptors (Lipinski definition) is 1. The normalized spacial score (nSPS) is 10.1. The van der Waals surface area contributed by atoms with Gasteiger partial charge in [-0.1, -0.05) is 60.3 Å². The highest BCUT2D eigenvalue weighted by Gasteiger charge is 2.01. The molecule has 0 aromatic heterocycles. The van der Waals surface area contributed by atoms with E-state index in [4.69, 9.17) is 0 Å². The van der Waals surface area contributed by atoms with Crippen LogP contribution < -0.4 is 0 Å². The van der Waals surface area contributed by atoms with E-state index in [2.05, 4.69) is 32.6 Å². The SMILES string of the molecule is CCCCN(CCCC)CCCC.[CH2]CC. The van der Waals surface area contributed by atoms with Crippen LogP contribution >= 0.6 is 0 Å². The molecule has 1 radical (unpaired) electrons. The second kappa shape index (κ2) is 17.4. The molecule has 1 nitrogen and oxygen atoms in total. The summed E-state index contributed by atoms with van der Waals surface area (Å²) in [5, 5.41) is 0. The third-order valence-electron chi connectivity index (χ3n) is 2.48. The zero-order chi connectivity index (χ0) is 12.6. The topological polar surface area (TPSA) is 3.24 Å². The van der Waals surface area contributed by atoms with E-state index in [0.29, 0.717) is 0 Å². The molecule has 0 atom stereocenters. The molecular weight excluding hydrogens is 194 g/mol. The predicted molar refractivity (Wildman–Crippen MR) is 76.8 cm³/mol. The van der Waals surface area contributed by atoms with Gasteiger partial charge in [0.25, 0.3) is 0 Å². The van der Waals surface area contributed by atoms with E-state index in [0.717, 1.165) is 6.42 Å². The second-order valence-corrected chi connectivity index (χ2v) is 4.40. The number of rotatable bonds is 9. The lowest BCUT2D eigenvalue weighted by atomic mass is 10.2. The molecule has 0 aliphatic heterocycles. The number of hydrogen-bond donors (Lipinski definition) is 0. The molecule has 99 valence electrons. The molecule has 0 aromatic carbocycles. The Morgan fingerprint density at radius 2 is 0.938 bits per heavy atom. The molecule has 0 N–H and O–H groups in total. The van der Waals surface area contributed by atoms with Gasteiger partial charge in [-0.15, -0.1) is 0 Å². The van der Waals surface area contributed by atoms with Crippen molar-refractivity contribution >= 4 is 0 Å². The Hall–Kier alpha value is -0.0400. The summed E-state index contributed by atoms with van der Waals surface area (Å²) in [6.07, 6.45) is 9.09. The van der Waals surface area contributed by atoms with E-state index in [1.54, 1.807) is 0 Å². The van der Waals surface area contributed by atoms with Crippen LogP contribution in [0.25, 0.3) is 0 Å². The van der Waals surface area contributed by atoms with Crippen LogP contribution in [0.4, 0.5) is 0 Å². The first-order valence-electron chi connectivity index (χ1n) is 7.28. The van der Waals surface area contributed by atoms with Crippen LogP contribution in [0.3, 0.4) is 0 Å². The first kappa shape index (κ1) is 18.3. The fraction of sp³-hybridized carbons (Fsp3) is 0.933. The van der Waals surface area contributed by atoms with Gasteiger partial charge < -0.3 is 4.90 Å². The van der Waals surface area contributed by atoms with Gasteiger partial charge in [-0.25, -0.2) is 0 Å². The molecule has 0 saturated carbocycles. The minimum absolute atomic E-state index is 1.00. The Bertz CT molecular complexity index is 82.6. The smallest absolute Gasteiger partial charge is 0.00188 e. The predicted octanol–water partition coefficient (Wildman–Crippen LogP) is 4.92. The van der Waals surface area contributed by atoms with E-state index in [1.807, 2.05) is 6.92 Å². The van der Waals surface area contributed by atoms with Crippen molar-refractivity contribution in [3.05, 3.63) is 6.92 Å². The van der Waals surface area contributed by atoms with Crippen LogP contribution in [0.5, 0.6) is 0 Å². The molecule has 0 saturated heterocycles. The first-order valence-corrected chi connectivity index (χ1v) is 7.28. The third kappa shape index (κ3) is 16.4. The molecule has 0 fully saturated rings. The summed E-state index contributed by atoms with van der Waals surface area (Å²) in [7, 11) is 0. The standard InChI is InChI=1S/C12H27N.C3H7/c1-4-7-10-13(11-8-5-2)12-9-6-3;1-3-2/h4-12H2,1-3H3;1,3H2,2H3. The quantitative estimate of drug-likeness (QED) is 0.541. The molecule has 0 bridgehead atoms. The van der Waals surface area contributed by atoms with Gasteiger partial charge in [-0.2, -0.15) is 0 Å². The van der Waals surface area contributed by atoms with E-state index in [-0.39, 0.29) is 0 Å². The number of nitrogens with zero attached hydrogens (tertiary/aromatic N) is 1. The van der Waals surface area contributed by atoms with Crippen molar-refractivity contribution in [3.8, 4) is 0 Å². The summed E-state index contributed by atoms with van der Waals surface area (Å²) < 4.78 is 0. The molecule has 0 spiro atoms. The summed E-state index contributed by atoms with van der Waals surface area (Å²) >= 11 is 0. The molecule has 16 heavy (non-hydrogen) atoms. The highest BCUT2D eigenvalue weighted by molar-refractivity contribution is 4.57. The third-order valence-corrected chi connectivity index (χ3v) is 2.48. The van der Waals surface area contributed by atoms with Crippen molar-refractivity contribution in [1.82, 2.24) is 4.90 Å². The summed E-state index contributed by atoms with van der Waals surface area (Å²) in [5.74, 6) is 0. The van der Waals surface area contributed by atoms with Crippen LogP contribution in [0, 0.1) is 6.92 Å². The van der Waals surface area contributed by atoms with Crippen molar-refractivity contribution < 1.29 is 0 Å². The van der Waals surface area contributed by atoms with E-state index in [1.165, 1.54) is 58.2 Å². The summed E-state index contributed by atoms with van der Waals surface area (Å²) in [5.41, 5.74) is 0. The summed E-state index contributed by atoms with van der Waals surface area (Å²) in [6, 6.07) is 0. The lowest BCUT2D eigenvalue weighted by molar-refractivity contribution is 0.261. The minimum Gasteiger partial charge on any atom is -0.303 e. The van der Waals surface area contributed by atoms with Gasteiger partial charge in [0, 0.05) is 0 Å². The van der Waals surface area contributed by atoms with Crippen molar-refractivity contribution in [1.29, 1.82) is 0 Å². The molecular formula is C15H34N. The van der Waals surface area contributed by atoms with Gasteiger partial charge in [0.05, 0.1) is 0 Å². The van der Waals surface area contributed by atoms with Crippen LogP contribution in [0.1, 0.15) is 72.6 Å². The van der Waals surface area contributed by atoms with Gasteiger partial charge in [-0.05, 0) is 38.9 Å². The maximum Gasteiger partial charge on any atom is -0.00188 e. The van der Waals surface area contributed by atoms with Gasteiger partial charge >= 0.3 is 0 Å². The van der Waals surface area contributed by atoms with Gasteiger partial charge in [0.2, 0.25) is 0 Å². The van der Waals surface area contributed by atoms with Crippen molar-refractivity contribution in [2.24, 2.45) is 0 Å². The highest BCUT2D eigenvalue weighted by atomic mass is 15.1. The fourth-order valence-electron chi connectivity index (χ4n) is 1.48. The van der Waals surface area contributed by atoms with Gasteiger partial charge in [0.1, 0.15) is 0 Å². The zero-order valence-corrected chi connectivity index (χ0v) is 12.2. The highest BCUT2D eigenvalue weighted by Crippen LogP contribution is 2.01. The average Bonchev–Trinajstić information content (AvgIpc) is 2.29.